The minimum absolute atomic E-state index is 0.0566. The van der Waals surface area contributed by atoms with Gasteiger partial charge in [0.05, 0.1) is 16.7 Å². The Morgan fingerprint density at radius 2 is 1.51 bits per heavy atom. The van der Waals surface area contributed by atoms with Crippen molar-refractivity contribution in [2.75, 3.05) is 0 Å². The minimum Gasteiger partial charge on any atom is -0.487 e. The molecule has 1 atom stereocenters. The Morgan fingerprint density at radius 3 is 2.05 bits per heavy atom. The molecule has 2 N–H and O–H groups in total. The van der Waals surface area contributed by atoms with E-state index in [4.69, 9.17) is 4.74 Å². The van der Waals surface area contributed by atoms with Crippen LogP contribution >= 0.6 is 0 Å². The molecule has 3 aromatic rings. The van der Waals surface area contributed by atoms with Crippen molar-refractivity contribution < 1.29 is 45.8 Å². The second-order valence-electron chi connectivity index (χ2n) is 9.26. The van der Waals surface area contributed by atoms with E-state index in [1.54, 1.807) is 6.92 Å². The van der Waals surface area contributed by atoms with Crippen LogP contribution in [0.3, 0.4) is 0 Å². The van der Waals surface area contributed by atoms with Crippen molar-refractivity contribution in [3.05, 3.63) is 76.9 Å². The number of nitrogens with one attached hydrogen (secondary N) is 1. The van der Waals surface area contributed by atoms with Gasteiger partial charge in [0, 0.05) is 5.39 Å². The smallest absolute Gasteiger partial charge is 0.416 e. The van der Waals surface area contributed by atoms with Crippen LogP contribution in [0.2, 0.25) is 0 Å². The zero-order valence-corrected chi connectivity index (χ0v) is 19.3. The highest BCUT2D eigenvalue weighted by atomic mass is 19.4. The molecule has 3 aromatic carbocycles. The van der Waals surface area contributed by atoms with Gasteiger partial charge in [0.1, 0.15) is 18.4 Å². The number of aliphatic carboxylic acids is 1. The summed E-state index contributed by atoms with van der Waals surface area (Å²) < 4.78 is 84.6. The van der Waals surface area contributed by atoms with Gasteiger partial charge in [-0.1, -0.05) is 31.2 Å². The van der Waals surface area contributed by atoms with Crippen molar-refractivity contribution in [2.24, 2.45) is 5.41 Å². The fraction of sp³-hybridized carbons (Fsp3) is 0.308. The van der Waals surface area contributed by atoms with Crippen molar-refractivity contribution in [2.45, 2.75) is 44.8 Å². The second-order valence-corrected chi connectivity index (χ2v) is 9.26. The Balaban J connectivity index is 1.73. The molecule has 0 unspecified atom stereocenters. The van der Waals surface area contributed by atoms with Crippen LogP contribution < -0.4 is 10.1 Å². The van der Waals surface area contributed by atoms with Gasteiger partial charge in [0.25, 0.3) is 5.91 Å². The number of rotatable bonds is 7. The SMILES string of the molecule is CC1([C@H](NC(=O)c2ccc3ccc(C(F)(F)F)cc3c2OCc2ccc(C(F)(F)F)cc2)C(=O)O)CC1. The van der Waals surface area contributed by atoms with Gasteiger partial charge in [0.2, 0.25) is 0 Å². The highest BCUT2D eigenvalue weighted by Gasteiger charge is 2.49. The molecular formula is C26H21F6NO4. The predicted octanol–water partition coefficient (Wildman–Crippen LogP) is 6.44. The second kappa shape index (κ2) is 9.28. The van der Waals surface area contributed by atoms with Crippen LogP contribution in [0.25, 0.3) is 10.8 Å². The van der Waals surface area contributed by atoms with E-state index in [-0.39, 0.29) is 28.9 Å². The zero-order valence-electron chi connectivity index (χ0n) is 19.3. The van der Waals surface area contributed by atoms with Crippen molar-refractivity contribution >= 4 is 22.6 Å². The molecule has 0 heterocycles. The van der Waals surface area contributed by atoms with E-state index in [0.717, 1.165) is 36.4 Å². The summed E-state index contributed by atoms with van der Waals surface area (Å²) in [6.07, 6.45) is -8.08. The molecule has 11 heteroatoms. The molecule has 196 valence electrons. The third-order valence-corrected chi connectivity index (χ3v) is 6.47. The number of alkyl halides is 6. The third-order valence-electron chi connectivity index (χ3n) is 6.47. The number of fused-ring (bicyclic) bond motifs is 1. The van der Waals surface area contributed by atoms with Crippen LogP contribution in [0.5, 0.6) is 5.75 Å². The number of carboxylic acids is 1. The molecule has 0 spiro atoms. The zero-order chi connectivity index (χ0) is 27.2. The van der Waals surface area contributed by atoms with E-state index < -0.39 is 46.8 Å². The molecular weight excluding hydrogens is 504 g/mol. The van der Waals surface area contributed by atoms with E-state index in [1.807, 2.05) is 0 Å². The number of amides is 1. The fourth-order valence-electron chi connectivity index (χ4n) is 3.98. The van der Waals surface area contributed by atoms with Crippen LogP contribution in [0.4, 0.5) is 26.3 Å². The maximum atomic E-state index is 13.4. The molecule has 1 aliphatic rings. The molecule has 1 fully saturated rings. The number of ether oxygens (including phenoxy) is 1. The van der Waals surface area contributed by atoms with Gasteiger partial charge in [-0.25, -0.2) is 4.79 Å². The number of hydrogen-bond acceptors (Lipinski definition) is 3. The average molecular weight is 525 g/mol. The normalized spacial score (nSPS) is 15.8. The number of benzene rings is 3. The van der Waals surface area contributed by atoms with Crippen LogP contribution in [-0.4, -0.2) is 23.0 Å². The summed E-state index contributed by atoms with van der Waals surface area (Å²) in [5.74, 6) is -2.35. The molecule has 0 aromatic heterocycles. The number of carbonyl (C=O) groups is 2. The summed E-state index contributed by atoms with van der Waals surface area (Å²) in [7, 11) is 0. The largest absolute Gasteiger partial charge is 0.487 e. The average Bonchev–Trinajstić information content (AvgIpc) is 3.57. The van der Waals surface area contributed by atoms with Crippen LogP contribution in [-0.2, 0) is 23.8 Å². The summed E-state index contributed by atoms with van der Waals surface area (Å²) in [6.45, 7) is 1.35. The van der Waals surface area contributed by atoms with Crippen LogP contribution in [0.15, 0.2) is 54.6 Å². The standard InChI is InChI=1S/C26H21F6NO4/c1-24(10-11-24)21(23(35)36)33-22(34)18-9-5-15-4-8-17(26(30,31)32)12-19(15)20(18)37-13-14-2-6-16(7-3-14)25(27,28)29/h2-9,12,21H,10-11,13H2,1H3,(H,33,34)(H,35,36)/t21-/m1/s1. The molecule has 0 aliphatic heterocycles. The molecule has 5 nitrogen and oxygen atoms in total. The van der Waals surface area contributed by atoms with Gasteiger partial charge in [-0.3, -0.25) is 4.79 Å². The first-order chi connectivity index (χ1) is 17.2. The first-order valence-electron chi connectivity index (χ1n) is 11.2. The summed E-state index contributed by atoms with van der Waals surface area (Å²) in [5.41, 5.74) is -2.45. The third kappa shape index (κ3) is 5.65. The monoisotopic (exact) mass is 525 g/mol. The van der Waals surface area contributed by atoms with E-state index in [2.05, 4.69) is 5.32 Å². The Hall–Kier alpha value is -3.76. The van der Waals surface area contributed by atoms with Crippen LogP contribution in [0.1, 0.15) is 46.8 Å². The van der Waals surface area contributed by atoms with E-state index in [1.165, 1.54) is 18.2 Å². The first kappa shape index (κ1) is 26.3. The minimum atomic E-state index is -4.69. The lowest BCUT2D eigenvalue weighted by molar-refractivity contribution is -0.141. The highest BCUT2D eigenvalue weighted by molar-refractivity contribution is 6.05. The molecule has 1 amide bonds. The summed E-state index contributed by atoms with van der Waals surface area (Å²) in [6, 6.07) is 8.37. The maximum Gasteiger partial charge on any atom is 0.416 e. The maximum absolute atomic E-state index is 13.4. The lowest BCUT2D eigenvalue weighted by Crippen LogP contribution is -2.46. The quantitative estimate of drug-likeness (QED) is 0.348. The Kier molecular flexibility index (Phi) is 6.60. The lowest BCUT2D eigenvalue weighted by Gasteiger charge is -2.22. The highest BCUT2D eigenvalue weighted by Crippen LogP contribution is 2.48. The number of carbonyl (C=O) groups excluding carboxylic acids is 1. The lowest BCUT2D eigenvalue weighted by atomic mass is 9.97. The molecule has 0 radical (unpaired) electrons. The molecule has 37 heavy (non-hydrogen) atoms. The fourth-order valence-corrected chi connectivity index (χ4v) is 3.98. The van der Waals surface area contributed by atoms with Crippen molar-refractivity contribution in [1.29, 1.82) is 0 Å². The van der Waals surface area contributed by atoms with Crippen molar-refractivity contribution in [1.82, 2.24) is 5.32 Å². The van der Waals surface area contributed by atoms with Gasteiger partial charge in [-0.15, -0.1) is 0 Å². The molecule has 1 saturated carbocycles. The Morgan fingerprint density at radius 1 is 0.946 bits per heavy atom. The molecule has 1 aliphatic carbocycles. The van der Waals surface area contributed by atoms with Gasteiger partial charge < -0.3 is 15.2 Å². The van der Waals surface area contributed by atoms with Crippen molar-refractivity contribution in [3.8, 4) is 5.75 Å². The Labute approximate surface area is 207 Å². The van der Waals surface area contributed by atoms with Crippen LogP contribution in [0, 0.1) is 5.41 Å². The van der Waals surface area contributed by atoms with Gasteiger partial charge in [-0.2, -0.15) is 26.3 Å². The summed E-state index contributed by atoms with van der Waals surface area (Å²) in [5, 5.41) is 12.3. The molecule has 0 saturated heterocycles. The molecule has 0 bridgehead atoms. The predicted molar refractivity (Wildman–Crippen MR) is 121 cm³/mol. The summed E-state index contributed by atoms with van der Waals surface area (Å²) >= 11 is 0. The van der Waals surface area contributed by atoms with Gasteiger partial charge in [-0.05, 0) is 59.5 Å². The first-order valence-corrected chi connectivity index (χ1v) is 11.2. The topological polar surface area (TPSA) is 75.6 Å². The number of hydrogen-bond donors (Lipinski definition) is 2. The molecule has 4 rings (SSSR count). The van der Waals surface area contributed by atoms with E-state index in [9.17, 15) is 41.0 Å². The van der Waals surface area contributed by atoms with E-state index >= 15 is 0 Å². The number of halogens is 6. The summed E-state index contributed by atoms with van der Waals surface area (Å²) in [4.78, 5) is 24.9. The van der Waals surface area contributed by atoms with Gasteiger partial charge in [0.15, 0.2) is 0 Å². The van der Waals surface area contributed by atoms with E-state index in [0.29, 0.717) is 18.2 Å². The number of carboxylic acid groups (broad SMARTS) is 1. The van der Waals surface area contributed by atoms with Crippen molar-refractivity contribution in [3.63, 3.8) is 0 Å². The van der Waals surface area contributed by atoms with Gasteiger partial charge >= 0.3 is 18.3 Å². The Bertz CT molecular complexity index is 1340.